The molecule has 124 valence electrons. The van der Waals surface area contributed by atoms with Gasteiger partial charge >= 0.3 is 0 Å². The molecule has 0 aliphatic rings. The van der Waals surface area contributed by atoms with Gasteiger partial charge in [0.05, 0.1) is 26.3 Å². The first-order valence-electron chi connectivity index (χ1n) is 7.35. The summed E-state index contributed by atoms with van der Waals surface area (Å²) in [5.41, 5.74) is 1.64. The van der Waals surface area contributed by atoms with Gasteiger partial charge in [0.15, 0.2) is 5.82 Å². The van der Waals surface area contributed by atoms with Crippen molar-refractivity contribution in [2.45, 2.75) is 13.0 Å². The van der Waals surface area contributed by atoms with Crippen LogP contribution in [0.5, 0.6) is 5.75 Å². The molecule has 0 saturated heterocycles. The highest BCUT2D eigenvalue weighted by atomic mass is 16.5. The standard InChI is InChI=1S/C16H17N5O3/c1-21-10-11(8-18-21)7-15(22)17-9-14-19-16(24-20-14)12-3-5-13(23-2)6-4-12/h3-6,8,10H,7,9H2,1-2H3,(H,17,22). The zero-order chi connectivity index (χ0) is 16.9. The summed E-state index contributed by atoms with van der Waals surface area (Å²) in [6.45, 7) is 0.207. The molecule has 8 heteroatoms. The van der Waals surface area contributed by atoms with Crippen molar-refractivity contribution in [1.29, 1.82) is 0 Å². The van der Waals surface area contributed by atoms with Gasteiger partial charge in [-0.2, -0.15) is 10.1 Å². The van der Waals surface area contributed by atoms with Crippen molar-refractivity contribution in [2.24, 2.45) is 7.05 Å². The second kappa shape index (κ2) is 6.95. The van der Waals surface area contributed by atoms with E-state index in [9.17, 15) is 4.79 Å². The zero-order valence-electron chi connectivity index (χ0n) is 13.4. The highest BCUT2D eigenvalue weighted by molar-refractivity contribution is 5.78. The predicted molar refractivity (Wildman–Crippen MR) is 85.0 cm³/mol. The Bertz CT molecular complexity index is 822. The van der Waals surface area contributed by atoms with Crippen LogP contribution in [0.4, 0.5) is 0 Å². The van der Waals surface area contributed by atoms with E-state index in [0.29, 0.717) is 11.7 Å². The Morgan fingerprint density at radius 1 is 1.33 bits per heavy atom. The highest BCUT2D eigenvalue weighted by Gasteiger charge is 2.11. The van der Waals surface area contributed by atoms with Crippen LogP contribution in [-0.4, -0.2) is 32.9 Å². The Morgan fingerprint density at radius 3 is 2.79 bits per heavy atom. The lowest BCUT2D eigenvalue weighted by molar-refractivity contribution is -0.120. The van der Waals surface area contributed by atoms with E-state index in [2.05, 4.69) is 20.6 Å². The normalized spacial score (nSPS) is 10.6. The molecule has 0 aliphatic heterocycles. The van der Waals surface area contributed by atoms with Crippen LogP contribution in [0, 0.1) is 0 Å². The molecule has 2 heterocycles. The van der Waals surface area contributed by atoms with Gasteiger partial charge in [-0.15, -0.1) is 0 Å². The van der Waals surface area contributed by atoms with E-state index in [0.717, 1.165) is 16.9 Å². The van der Waals surface area contributed by atoms with Crippen LogP contribution in [0.3, 0.4) is 0 Å². The molecular formula is C16H17N5O3. The SMILES string of the molecule is COc1ccc(-c2nc(CNC(=O)Cc3cnn(C)c3)no2)cc1. The number of amides is 1. The Hall–Kier alpha value is -3.16. The van der Waals surface area contributed by atoms with Crippen molar-refractivity contribution in [3.63, 3.8) is 0 Å². The molecule has 8 nitrogen and oxygen atoms in total. The third-order valence-electron chi connectivity index (χ3n) is 3.37. The van der Waals surface area contributed by atoms with E-state index in [1.165, 1.54) is 0 Å². The molecule has 2 aromatic heterocycles. The number of nitrogens with zero attached hydrogens (tertiary/aromatic N) is 4. The van der Waals surface area contributed by atoms with Crippen molar-refractivity contribution in [3.05, 3.63) is 48.0 Å². The average molecular weight is 327 g/mol. The number of rotatable bonds is 6. The van der Waals surface area contributed by atoms with E-state index < -0.39 is 0 Å². The lowest BCUT2D eigenvalue weighted by Gasteiger charge is -2.00. The number of hydrogen-bond donors (Lipinski definition) is 1. The molecule has 0 bridgehead atoms. The second-order valence-electron chi connectivity index (χ2n) is 5.22. The van der Waals surface area contributed by atoms with E-state index >= 15 is 0 Å². The molecule has 0 spiro atoms. The fourth-order valence-corrected chi connectivity index (χ4v) is 2.17. The quantitative estimate of drug-likeness (QED) is 0.734. The summed E-state index contributed by atoms with van der Waals surface area (Å²) >= 11 is 0. The monoisotopic (exact) mass is 327 g/mol. The summed E-state index contributed by atoms with van der Waals surface area (Å²) in [6, 6.07) is 7.29. The number of nitrogens with one attached hydrogen (secondary N) is 1. The first-order valence-corrected chi connectivity index (χ1v) is 7.35. The van der Waals surface area contributed by atoms with E-state index in [4.69, 9.17) is 9.26 Å². The molecule has 0 radical (unpaired) electrons. The van der Waals surface area contributed by atoms with Crippen LogP contribution >= 0.6 is 0 Å². The summed E-state index contributed by atoms with van der Waals surface area (Å²) in [5.74, 6) is 1.44. The summed E-state index contributed by atoms with van der Waals surface area (Å²) in [6.07, 6.45) is 3.72. The minimum absolute atomic E-state index is 0.126. The van der Waals surface area contributed by atoms with Crippen LogP contribution in [-0.2, 0) is 24.8 Å². The van der Waals surface area contributed by atoms with Crippen LogP contribution < -0.4 is 10.1 Å². The minimum atomic E-state index is -0.126. The Morgan fingerprint density at radius 2 is 2.12 bits per heavy atom. The predicted octanol–water partition coefficient (Wildman–Crippen LogP) is 1.34. The molecule has 3 aromatic rings. The topological polar surface area (TPSA) is 95.1 Å². The molecule has 0 fully saturated rings. The number of hydrogen-bond acceptors (Lipinski definition) is 6. The maximum Gasteiger partial charge on any atom is 0.257 e. The molecule has 0 atom stereocenters. The van der Waals surface area contributed by atoms with Crippen molar-refractivity contribution >= 4 is 5.91 Å². The molecule has 1 amide bonds. The molecular weight excluding hydrogens is 310 g/mol. The average Bonchev–Trinajstić information content (AvgIpc) is 3.22. The summed E-state index contributed by atoms with van der Waals surface area (Å²) in [4.78, 5) is 16.2. The lowest BCUT2D eigenvalue weighted by atomic mass is 10.2. The molecule has 0 aliphatic carbocycles. The Balaban J connectivity index is 1.56. The minimum Gasteiger partial charge on any atom is -0.497 e. The number of carbonyl (C=O) groups is 1. The fraction of sp³-hybridized carbons (Fsp3) is 0.250. The molecule has 0 unspecified atom stereocenters. The Kier molecular flexibility index (Phi) is 4.55. The van der Waals surface area contributed by atoms with E-state index in [1.54, 1.807) is 31.2 Å². The third-order valence-corrected chi connectivity index (χ3v) is 3.37. The first-order chi connectivity index (χ1) is 11.6. The van der Waals surface area contributed by atoms with Gasteiger partial charge in [-0.3, -0.25) is 9.48 Å². The van der Waals surface area contributed by atoms with Crippen molar-refractivity contribution in [3.8, 4) is 17.2 Å². The van der Waals surface area contributed by atoms with Crippen LogP contribution in [0.25, 0.3) is 11.5 Å². The number of benzene rings is 1. The van der Waals surface area contributed by atoms with Gasteiger partial charge in [-0.25, -0.2) is 0 Å². The van der Waals surface area contributed by atoms with Crippen LogP contribution in [0.15, 0.2) is 41.2 Å². The number of methoxy groups -OCH3 is 1. The maximum absolute atomic E-state index is 11.9. The smallest absolute Gasteiger partial charge is 0.257 e. The molecule has 24 heavy (non-hydrogen) atoms. The van der Waals surface area contributed by atoms with Gasteiger partial charge in [-0.1, -0.05) is 5.16 Å². The molecule has 0 saturated carbocycles. The lowest BCUT2D eigenvalue weighted by Crippen LogP contribution is -2.24. The van der Waals surface area contributed by atoms with Gasteiger partial charge in [0.2, 0.25) is 5.91 Å². The fourth-order valence-electron chi connectivity index (χ4n) is 2.17. The third kappa shape index (κ3) is 3.78. The summed E-state index contributed by atoms with van der Waals surface area (Å²) in [7, 11) is 3.41. The highest BCUT2D eigenvalue weighted by Crippen LogP contribution is 2.20. The largest absolute Gasteiger partial charge is 0.497 e. The number of aryl methyl sites for hydroxylation is 1. The second-order valence-corrected chi connectivity index (χ2v) is 5.22. The van der Waals surface area contributed by atoms with Gasteiger partial charge < -0.3 is 14.6 Å². The van der Waals surface area contributed by atoms with E-state index in [-0.39, 0.29) is 18.9 Å². The molecule has 1 N–H and O–H groups in total. The number of carbonyl (C=O) groups excluding carboxylic acids is 1. The first kappa shape index (κ1) is 15.7. The summed E-state index contributed by atoms with van der Waals surface area (Å²) in [5, 5.41) is 10.7. The van der Waals surface area contributed by atoms with Gasteiger partial charge in [-0.05, 0) is 29.8 Å². The zero-order valence-corrected chi connectivity index (χ0v) is 13.4. The van der Waals surface area contributed by atoms with Crippen LogP contribution in [0.2, 0.25) is 0 Å². The summed E-state index contributed by atoms with van der Waals surface area (Å²) < 4.78 is 12.0. The van der Waals surface area contributed by atoms with Crippen molar-refractivity contribution in [2.75, 3.05) is 7.11 Å². The number of aromatic nitrogens is 4. The maximum atomic E-state index is 11.9. The number of ether oxygens (including phenoxy) is 1. The van der Waals surface area contributed by atoms with E-state index in [1.807, 2.05) is 24.3 Å². The van der Waals surface area contributed by atoms with Gasteiger partial charge in [0.1, 0.15) is 5.75 Å². The Labute approximate surface area is 138 Å². The van der Waals surface area contributed by atoms with Gasteiger partial charge in [0.25, 0.3) is 5.89 Å². The van der Waals surface area contributed by atoms with Gasteiger partial charge in [0, 0.05) is 18.8 Å². The van der Waals surface area contributed by atoms with Crippen LogP contribution in [0.1, 0.15) is 11.4 Å². The van der Waals surface area contributed by atoms with Crippen molar-refractivity contribution < 1.29 is 14.1 Å². The van der Waals surface area contributed by atoms with Crippen molar-refractivity contribution in [1.82, 2.24) is 25.2 Å². The molecule has 3 rings (SSSR count). The molecule has 1 aromatic carbocycles.